The fourth-order valence-corrected chi connectivity index (χ4v) is 3.20. The smallest absolute Gasteiger partial charge is 0.407 e. The lowest BCUT2D eigenvalue weighted by Gasteiger charge is -2.17. The molecule has 0 aliphatic carbocycles. The van der Waals surface area contributed by atoms with Crippen molar-refractivity contribution in [1.29, 1.82) is 0 Å². The summed E-state index contributed by atoms with van der Waals surface area (Å²) in [7, 11) is 3.08. The van der Waals surface area contributed by atoms with Gasteiger partial charge in [-0.3, -0.25) is 4.79 Å². The van der Waals surface area contributed by atoms with Crippen LogP contribution in [0.4, 0.5) is 4.79 Å². The number of carbonyl (C=O) groups is 2. The van der Waals surface area contributed by atoms with Gasteiger partial charge in [0.2, 0.25) is 5.91 Å². The highest BCUT2D eigenvalue weighted by Crippen LogP contribution is 1.98. The van der Waals surface area contributed by atoms with E-state index in [1.165, 1.54) is 7.11 Å². The first-order valence-electron chi connectivity index (χ1n) is 14.4. The van der Waals surface area contributed by atoms with Gasteiger partial charge in [-0.25, -0.2) is 4.79 Å². The highest BCUT2D eigenvalue weighted by Gasteiger charge is 2.21. The molecule has 1 aromatic rings. The molecule has 14 nitrogen and oxygen atoms in total. The molecule has 2 amide bonds. The van der Waals surface area contributed by atoms with Crippen LogP contribution in [0, 0.1) is 0 Å². The van der Waals surface area contributed by atoms with Crippen molar-refractivity contribution in [3.8, 4) is 0 Å². The lowest BCUT2D eigenvalue weighted by atomic mass is 10.2. The number of methoxy groups -OCH3 is 2. The Morgan fingerprint density at radius 1 is 0.581 bits per heavy atom. The molecule has 0 fully saturated rings. The number of rotatable bonds is 30. The van der Waals surface area contributed by atoms with E-state index in [4.69, 9.17) is 47.4 Å². The number of nitrogens with one attached hydrogen (secondary N) is 2. The lowest BCUT2D eigenvalue weighted by Crippen LogP contribution is -2.49. The highest BCUT2D eigenvalue weighted by atomic mass is 16.6. The molecule has 1 aromatic carbocycles. The minimum atomic E-state index is -0.878. The molecule has 0 bridgehead atoms. The second-order valence-electron chi connectivity index (χ2n) is 8.77. The van der Waals surface area contributed by atoms with Gasteiger partial charge in [-0.2, -0.15) is 0 Å². The molecule has 1 atom stereocenters. The first-order chi connectivity index (χ1) is 21.2. The van der Waals surface area contributed by atoms with E-state index in [9.17, 15) is 9.59 Å². The van der Waals surface area contributed by atoms with E-state index in [-0.39, 0.29) is 25.7 Å². The first-order valence-corrected chi connectivity index (χ1v) is 14.4. The van der Waals surface area contributed by atoms with Gasteiger partial charge in [-0.15, -0.1) is 0 Å². The van der Waals surface area contributed by atoms with Crippen LogP contribution in [0.15, 0.2) is 30.3 Å². The zero-order valence-corrected chi connectivity index (χ0v) is 25.6. The molecular weight excluding hydrogens is 568 g/mol. The van der Waals surface area contributed by atoms with Crippen LogP contribution in [0.2, 0.25) is 0 Å². The normalized spacial score (nSPS) is 11.8. The van der Waals surface area contributed by atoms with E-state index in [0.717, 1.165) is 5.56 Å². The monoisotopic (exact) mass is 618 g/mol. The van der Waals surface area contributed by atoms with Gasteiger partial charge in [0.25, 0.3) is 0 Å². The fourth-order valence-electron chi connectivity index (χ4n) is 3.20. The van der Waals surface area contributed by atoms with Gasteiger partial charge < -0.3 is 58.0 Å². The molecule has 43 heavy (non-hydrogen) atoms. The Bertz CT molecular complexity index is 775. The van der Waals surface area contributed by atoms with Crippen molar-refractivity contribution >= 4 is 12.0 Å². The minimum absolute atomic E-state index is 0.0134. The first kappa shape index (κ1) is 38.6. The lowest BCUT2D eigenvalue weighted by molar-refractivity contribution is -0.124. The van der Waals surface area contributed by atoms with Gasteiger partial charge in [0.1, 0.15) is 12.6 Å². The third-order valence-electron chi connectivity index (χ3n) is 5.38. The Labute approximate surface area is 254 Å². The summed E-state index contributed by atoms with van der Waals surface area (Å²) in [5, 5.41) is 5.27. The summed E-state index contributed by atoms with van der Waals surface area (Å²) in [6.07, 6.45) is -0.730. The number of amides is 2. The topological polar surface area (TPSA) is 151 Å². The summed E-state index contributed by atoms with van der Waals surface area (Å²) >= 11 is 0. The van der Waals surface area contributed by atoms with Gasteiger partial charge >= 0.3 is 6.09 Å². The van der Waals surface area contributed by atoms with Crippen molar-refractivity contribution in [2.45, 2.75) is 12.6 Å². The summed E-state index contributed by atoms with van der Waals surface area (Å²) < 4.78 is 52.8. The van der Waals surface area contributed by atoms with Crippen LogP contribution in [0.25, 0.3) is 0 Å². The Kier molecular flexibility index (Phi) is 26.6. The van der Waals surface area contributed by atoms with E-state index in [1.807, 2.05) is 30.3 Å². The van der Waals surface area contributed by atoms with Crippen LogP contribution in [0.3, 0.4) is 0 Å². The maximum Gasteiger partial charge on any atom is 0.407 e. The maximum atomic E-state index is 12.4. The average Bonchev–Trinajstić information content (AvgIpc) is 3.02. The average molecular weight is 619 g/mol. The molecule has 14 heteroatoms. The Morgan fingerprint density at radius 3 is 1.42 bits per heavy atom. The summed E-state index contributed by atoms with van der Waals surface area (Å²) in [4.78, 5) is 24.4. The number of ether oxygens (including phenoxy) is 10. The molecule has 0 aliphatic rings. The number of benzene rings is 1. The zero-order chi connectivity index (χ0) is 31.1. The molecular formula is C29H50N2O12. The molecule has 0 unspecified atom stereocenters. The van der Waals surface area contributed by atoms with Gasteiger partial charge in [-0.1, -0.05) is 30.3 Å². The number of hydrogen-bond acceptors (Lipinski definition) is 12. The molecule has 0 aliphatic heterocycles. The fraction of sp³-hybridized carbons (Fsp3) is 0.724. The largest absolute Gasteiger partial charge is 0.447 e. The second-order valence-corrected chi connectivity index (χ2v) is 8.77. The van der Waals surface area contributed by atoms with Crippen LogP contribution in [0.1, 0.15) is 5.56 Å². The Hall–Kier alpha value is -2.40. The minimum Gasteiger partial charge on any atom is -0.447 e. The molecule has 1 rings (SSSR count). The molecule has 0 radical (unpaired) electrons. The highest BCUT2D eigenvalue weighted by molar-refractivity contribution is 5.85. The number of carbonyl (C=O) groups excluding carboxylic acids is 2. The summed E-state index contributed by atoms with van der Waals surface area (Å²) in [6.45, 7) is 7.33. The SMILES string of the molecule is COCCOCCOCCOCCOCCOCCOCCOCCOC(=O)N[C@H](COC)C(=O)NCc1ccccc1. The molecule has 2 N–H and O–H groups in total. The predicted molar refractivity (Wildman–Crippen MR) is 156 cm³/mol. The molecule has 0 saturated heterocycles. The van der Waals surface area contributed by atoms with Crippen molar-refractivity contribution in [2.75, 3.05) is 127 Å². The van der Waals surface area contributed by atoms with Crippen LogP contribution in [0.5, 0.6) is 0 Å². The van der Waals surface area contributed by atoms with E-state index >= 15 is 0 Å². The zero-order valence-electron chi connectivity index (χ0n) is 25.6. The third-order valence-corrected chi connectivity index (χ3v) is 5.38. The van der Waals surface area contributed by atoms with E-state index in [0.29, 0.717) is 99.0 Å². The van der Waals surface area contributed by atoms with Crippen molar-refractivity contribution in [3.63, 3.8) is 0 Å². The molecule has 0 aromatic heterocycles. The number of alkyl carbamates (subject to hydrolysis) is 1. The maximum absolute atomic E-state index is 12.4. The molecule has 0 spiro atoms. The summed E-state index contributed by atoms with van der Waals surface area (Å²) in [5.41, 5.74) is 0.945. The Morgan fingerprint density at radius 2 is 1.00 bits per heavy atom. The van der Waals surface area contributed by atoms with Gasteiger partial charge in [0.05, 0.1) is 106 Å². The van der Waals surface area contributed by atoms with Gasteiger partial charge in [-0.05, 0) is 5.56 Å². The molecule has 0 saturated carbocycles. The van der Waals surface area contributed by atoms with Crippen LogP contribution >= 0.6 is 0 Å². The Balaban J connectivity index is 1.84. The van der Waals surface area contributed by atoms with Crippen molar-refractivity contribution < 1.29 is 57.0 Å². The van der Waals surface area contributed by atoms with Crippen molar-refractivity contribution in [2.24, 2.45) is 0 Å². The predicted octanol–water partition coefficient (Wildman–Crippen LogP) is 0.807. The van der Waals surface area contributed by atoms with Crippen LogP contribution in [-0.4, -0.2) is 145 Å². The molecule has 0 heterocycles. The summed E-state index contributed by atoms with van der Waals surface area (Å²) in [5.74, 6) is -0.369. The van der Waals surface area contributed by atoms with Crippen molar-refractivity contribution in [3.05, 3.63) is 35.9 Å². The van der Waals surface area contributed by atoms with E-state index < -0.39 is 12.1 Å². The molecule has 248 valence electrons. The number of hydrogen-bond donors (Lipinski definition) is 2. The van der Waals surface area contributed by atoms with Crippen LogP contribution < -0.4 is 10.6 Å². The van der Waals surface area contributed by atoms with E-state index in [2.05, 4.69) is 10.6 Å². The van der Waals surface area contributed by atoms with Crippen molar-refractivity contribution in [1.82, 2.24) is 10.6 Å². The second kappa shape index (κ2) is 29.7. The van der Waals surface area contributed by atoms with Gasteiger partial charge in [0, 0.05) is 20.8 Å². The summed E-state index contributed by atoms with van der Waals surface area (Å²) in [6, 6.07) is 8.58. The van der Waals surface area contributed by atoms with Crippen LogP contribution in [-0.2, 0) is 58.7 Å². The van der Waals surface area contributed by atoms with E-state index in [1.54, 1.807) is 7.11 Å². The third kappa shape index (κ3) is 24.7. The van der Waals surface area contributed by atoms with Gasteiger partial charge in [0.15, 0.2) is 0 Å². The standard InChI is InChI=1S/C29H50N2O12/c1-34-8-9-36-10-11-37-12-13-38-14-15-39-16-17-40-18-19-41-20-21-42-22-23-43-29(33)31-27(25-35-2)28(32)30-24-26-6-4-3-5-7-26/h3-7,27H,8-25H2,1-2H3,(H,30,32)(H,31,33)/t27-/m1/s1. The quantitative estimate of drug-likeness (QED) is 0.117.